The third kappa shape index (κ3) is 5.03. The molecule has 0 aliphatic carbocycles. The van der Waals surface area contributed by atoms with Crippen LogP contribution in [0.4, 0.5) is 0 Å². The monoisotopic (exact) mass is 328 g/mol. The molecule has 0 radical (unpaired) electrons. The molecular formula is C18H24N4O2. The van der Waals surface area contributed by atoms with Crippen molar-refractivity contribution >= 4 is 5.91 Å². The number of rotatable bonds is 7. The van der Waals surface area contributed by atoms with Crippen molar-refractivity contribution in [2.24, 2.45) is 5.73 Å². The Morgan fingerprint density at radius 1 is 1.17 bits per heavy atom. The third-order valence-corrected chi connectivity index (χ3v) is 3.49. The Kier molecular flexibility index (Phi) is 6.26. The topological polar surface area (TPSA) is 90.1 Å². The summed E-state index contributed by atoms with van der Waals surface area (Å²) in [6.07, 6.45) is 0.594. The van der Waals surface area contributed by atoms with Crippen LogP contribution in [0.1, 0.15) is 33.1 Å². The number of hydrogen-bond acceptors (Lipinski definition) is 5. The Bertz CT molecular complexity index is 696. The minimum absolute atomic E-state index is 0.142. The SMILES string of the molecule is Cc1cc(C)nc(CCNC(=O)c2ccc(C)c(OCCN)c2)n1. The van der Waals surface area contributed by atoms with Gasteiger partial charge >= 0.3 is 0 Å². The summed E-state index contributed by atoms with van der Waals surface area (Å²) in [6, 6.07) is 7.33. The molecule has 128 valence electrons. The van der Waals surface area contributed by atoms with E-state index in [0.29, 0.717) is 37.4 Å². The van der Waals surface area contributed by atoms with Crippen molar-refractivity contribution < 1.29 is 9.53 Å². The molecule has 0 atom stereocenters. The zero-order chi connectivity index (χ0) is 17.5. The van der Waals surface area contributed by atoms with Crippen molar-refractivity contribution in [2.45, 2.75) is 27.2 Å². The molecule has 6 heteroatoms. The van der Waals surface area contributed by atoms with Crippen molar-refractivity contribution in [3.63, 3.8) is 0 Å². The van der Waals surface area contributed by atoms with E-state index in [2.05, 4.69) is 15.3 Å². The number of amides is 1. The molecule has 3 N–H and O–H groups in total. The fourth-order valence-electron chi connectivity index (χ4n) is 2.37. The lowest BCUT2D eigenvalue weighted by Gasteiger charge is -2.10. The molecule has 0 saturated heterocycles. The van der Waals surface area contributed by atoms with Gasteiger partial charge in [-0.05, 0) is 44.5 Å². The van der Waals surface area contributed by atoms with Crippen LogP contribution in [-0.4, -0.2) is 35.6 Å². The highest BCUT2D eigenvalue weighted by Gasteiger charge is 2.09. The Balaban J connectivity index is 1.94. The van der Waals surface area contributed by atoms with Crippen LogP contribution in [0, 0.1) is 20.8 Å². The van der Waals surface area contributed by atoms with Crippen molar-refractivity contribution in [1.82, 2.24) is 15.3 Å². The van der Waals surface area contributed by atoms with E-state index < -0.39 is 0 Å². The first kappa shape index (κ1) is 17.9. The average Bonchev–Trinajstić information content (AvgIpc) is 2.53. The van der Waals surface area contributed by atoms with Crippen LogP contribution in [0.15, 0.2) is 24.3 Å². The lowest BCUT2D eigenvalue weighted by molar-refractivity contribution is 0.0953. The largest absolute Gasteiger partial charge is 0.492 e. The van der Waals surface area contributed by atoms with Crippen LogP contribution >= 0.6 is 0 Å². The predicted molar refractivity (Wildman–Crippen MR) is 93.3 cm³/mol. The maximum Gasteiger partial charge on any atom is 0.251 e. The van der Waals surface area contributed by atoms with Gasteiger partial charge in [0.15, 0.2) is 0 Å². The van der Waals surface area contributed by atoms with Gasteiger partial charge in [-0.2, -0.15) is 0 Å². The number of ether oxygens (including phenoxy) is 1. The van der Waals surface area contributed by atoms with Gasteiger partial charge in [-0.3, -0.25) is 4.79 Å². The number of hydrogen-bond donors (Lipinski definition) is 2. The molecule has 1 amide bonds. The van der Waals surface area contributed by atoms with E-state index in [1.165, 1.54) is 0 Å². The maximum atomic E-state index is 12.3. The minimum Gasteiger partial charge on any atom is -0.492 e. The molecule has 2 aromatic rings. The first-order valence-electron chi connectivity index (χ1n) is 8.02. The molecule has 0 bridgehead atoms. The maximum absolute atomic E-state index is 12.3. The molecule has 0 aliphatic rings. The second-order valence-corrected chi connectivity index (χ2v) is 5.69. The fraction of sp³-hybridized carbons (Fsp3) is 0.389. The van der Waals surface area contributed by atoms with Crippen molar-refractivity contribution in [3.8, 4) is 5.75 Å². The molecule has 2 rings (SSSR count). The summed E-state index contributed by atoms with van der Waals surface area (Å²) < 4.78 is 5.55. The lowest BCUT2D eigenvalue weighted by atomic mass is 10.1. The highest BCUT2D eigenvalue weighted by Crippen LogP contribution is 2.19. The van der Waals surface area contributed by atoms with Gasteiger partial charge in [0.1, 0.15) is 18.2 Å². The van der Waals surface area contributed by atoms with E-state index in [1.807, 2.05) is 32.9 Å². The van der Waals surface area contributed by atoms with Crippen molar-refractivity contribution in [3.05, 3.63) is 52.6 Å². The number of aromatic nitrogens is 2. The van der Waals surface area contributed by atoms with Crippen LogP contribution in [-0.2, 0) is 6.42 Å². The molecule has 0 fully saturated rings. The van der Waals surface area contributed by atoms with Crippen molar-refractivity contribution in [2.75, 3.05) is 19.7 Å². The Morgan fingerprint density at radius 3 is 2.54 bits per heavy atom. The number of carbonyl (C=O) groups is 1. The number of benzene rings is 1. The fourth-order valence-corrected chi connectivity index (χ4v) is 2.37. The van der Waals surface area contributed by atoms with Crippen LogP contribution in [0.5, 0.6) is 5.75 Å². The van der Waals surface area contributed by atoms with E-state index in [-0.39, 0.29) is 5.91 Å². The van der Waals surface area contributed by atoms with E-state index in [0.717, 1.165) is 22.8 Å². The van der Waals surface area contributed by atoms with Gasteiger partial charge in [-0.25, -0.2) is 9.97 Å². The minimum atomic E-state index is -0.142. The number of nitrogens with two attached hydrogens (primary N) is 1. The summed E-state index contributed by atoms with van der Waals surface area (Å²) in [5, 5.41) is 2.89. The van der Waals surface area contributed by atoms with Crippen LogP contribution in [0.25, 0.3) is 0 Å². The second-order valence-electron chi connectivity index (χ2n) is 5.69. The van der Waals surface area contributed by atoms with Crippen LogP contribution in [0.3, 0.4) is 0 Å². The zero-order valence-electron chi connectivity index (χ0n) is 14.4. The van der Waals surface area contributed by atoms with Gasteiger partial charge in [0.2, 0.25) is 0 Å². The first-order valence-corrected chi connectivity index (χ1v) is 8.02. The van der Waals surface area contributed by atoms with Crippen LogP contribution < -0.4 is 15.8 Å². The van der Waals surface area contributed by atoms with Crippen molar-refractivity contribution in [1.29, 1.82) is 0 Å². The molecule has 1 heterocycles. The van der Waals surface area contributed by atoms with Gasteiger partial charge in [0, 0.05) is 36.5 Å². The van der Waals surface area contributed by atoms with E-state index >= 15 is 0 Å². The summed E-state index contributed by atoms with van der Waals surface area (Å²) in [6.45, 7) is 7.15. The molecule has 0 unspecified atom stereocenters. The van der Waals surface area contributed by atoms with E-state index in [9.17, 15) is 4.79 Å². The van der Waals surface area contributed by atoms with Crippen LogP contribution in [0.2, 0.25) is 0 Å². The Labute approximate surface area is 142 Å². The Morgan fingerprint density at radius 2 is 1.88 bits per heavy atom. The van der Waals surface area contributed by atoms with E-state index in [1.54, 1.807) is 12.1 Å². The number of aryl methyl sites for hydroxylation is 3. The molecule has 1 aromatic heterocycles. The molecule has 24 heavy (non-hydrogen) atoms. The summed E-state index contributed by atoms with van der Waals surface area (Å²) in [5.74, 6) is 1.28. The predicted octanol–water partition coefficient (Wildman–Crippen LogP) is 1.71. The van der Waals surface area contributed by atoms with Gasteiger partial charge in [0.05, 0.1) is 0 Å². The smallest absolute Gasteiger partial charge is 0.251 e. The summed E-state index contributed by atoms with van der Waals surface area (Å²) in [4.78, 5) is 21.0. The van der Waals surface area contributed by atoms with Gasteiger partial charge in [-0.15, -0.1) is 0 Å². The first-order chi connectivity index (χ1) is 11.5. The van der Waals surface area contributed by atoms with Gasteiger partial charge in [-0.1, -0.05) is 6.07 Å². The molecule has 0 saturated carbocycles. The number of nitrogens with one attached hydrogen (secondary N) is 1. The second kappa shape index (κ2) is 8.40. The van der Waals surface area contributed by atoms with Gasteiger partial charge < -0.3 is 15.8 Å². The zero-order valence-corrected chi connectivity index (χ0v) is 14.4. The summed E-state index contributed by atoms with van der Waals surface area (Å²) >= 11 is 0. The molecule has 6 nitrogen and oxygen atoms in total. The number of carbonyl (C=O) groups excluding carboxylic acids is 1. The quantitative estimate of drug-likeness (QED) is 0.807. The summed E-state index contributed by atoms with van der Waals surface area (Å²) in [7, 11) is 0. The lowest BCUT2D eigenvalue weighted by Crippen LogP contribution is -2.26. The highest BCUT2D eigenvalue weighted by molar-refractivity contribution is 5.94. The average molecular weight is 328 g/mol. The molecular weight excluding hydrogens is 304 g/mol. The Hall–Kier alpha value is -2.47. The number of nitrogens with zero attached hydrogens (tertiary/aromatic N) is 2. The van der Waals surface area contributed by atoms with Gasteiger partial charge in [0.25, 0.3) is 5.91 Å². The highest BCUT2D eigenvalue weighted by atomic mass is 16.5. The standard InChI is InChI=1S/C18H24N4O2/c1-12-4-5-15(11-16(12)24-9-7-19)18(23)20-8-6-17-21-13(2)10-14(3)22-17/h4-5,10-11H,6-9,19H2,1-3H3,(H,20,23). The van der Waals surface area contributed by atoms with E-state index in [4.69, 9.17) is 10.5 Å². The summed E-state index contributed by atoms with van der Waals surface area (Å²) in [5.41, 5.74) is 8.86. The molecule has 0 spiro atoms. The molecule has 0 aliphatic heterocycles. The normalized spacial score (nSPS) is 10.5. The molecule has 1 aromatic carbocycles. The third-order valence-electron chi connectivity index (χ3n) is 3.49.